The molecule has 1 aromatic heterocycles. The second-order valence-electron chi connectivity index (χ2n) is 4.20. The zero-order chi connectivity index (χ0) is 14.4. The Morgan fingerprint density at radius 2 is 1.90 bits per heavy atom. The molecule has 0 saturated carbocycles. The Bertz CT molecular complexity index is 597. The van der Waals surface area contributed by atoms with Crippen molar-refractivity contribution in [2.45, 2.75) is 13.0 Å². The molecule has 1 heterocycles. The van der Waals surface area contributed by atoms with Crippen LogP contribution in [0.5, 0.6) is 0 Å². The highest BCUT2D eigenvalue weighted by molar-refractivity contribution is 5.97. The Morgan fingerprint density at radius 1 is 1.20 bits per heavy atom. The van der Waals surface area contributed by atoms with Gasteiger partial charge in [0.1, 0.15) is 0 Å². The summed E-state index contributed by atoms with van der Waals surface area (Å²) in [4.78, 5) is 15.9. The first kappa shape index (κ1) is 13.9. The Balaban J connectivity index is 2.02. The van der Waals surface area contributed by atoms with Gasteiger partial charge in [-0.25, -0.2) is 5.43 Å². The van der Waals surface area contributed by atoms with Crippen LogP contribution in [0.15, 0.2) is 59.8 Å². The quantitative estimate of drug-likeness (QED) is 0.654. The van der Waals surface area contributed by atoms with Crippen molar-refractivity contribution >= 4 is 11.6 Å². The summed E-state index contributed by atoms with van der Waals surface area (Å²) >= 11 is 0. The van der Waals surface area contributed by atoms with Gasteiger partial charge in [0.25, 0.3) is 5.91 Å². The summed E-state index contributed by atoms with van der Waals surface area (Å²) in [6.07, 6.45) is 0.408. The SMILES string of the molecule is C/C(=N\NC(=O)C(O)c1ccccc1)c1ccccn1. The molecule has 102 valence electrons. The van der Waals surface area contributed by atoms with Gasteiger partial charge >= 0.3 is 0 Å². The van der Waals surface area contributed by atoms with E-state index in [-0.39, 0.29) is 0 Å². The molecule has 0 saturated heterocycles. The number of aromatic nitrogens is 1. The molecule has 0 aliphatic carbocycles. The van der Waals surface area contributed by atoms with Crippen LogP contribution in [0.3, 0.4) is 0 Å². The van der Waals surface area contributed by atoms with Crippen molar-refractivity contribution in [1.82, 2.24) is 10.4 Å². The lowest BCUT2D eigenvalue weighted by molar-refractivity contribution is -0.129. The Kier molecular flexibility index (Phi) is 4.57. The minimum Gasteiger partial charge on any atom is -0.378 e. The van der Waals surface area contributed by atoms with Crippen LogP contribution in [0.1, 0.15) is 24.3 Å². The minimum absolute atomic E-state index is 0.524. The van der Waals surface area contributed by atoms with Crippen molar-refractivity contribution in [3.8, 4) is 0 Å². The highest BCUT2D eigenvalue weighted by atomic mass is 16.3. The van der Waals surface area contributed by atoms with Gasteiger partial charge in [-0.2, -0.15) is 5.10 Å². The number of carbonyl (C=O) groups is 1. The van der Waals surface area contributed by atoms with Crippen LogP contribution in [0.2, 0.25) is 0 Å². The van der Waals surface area contributed by atoms with Crippen molar-refractivity contribution in [1.29, 1.82) is 0 Å². The third-order valence-corrected chi connectivity index (χ3v) is 2.73. The summed E-state index contributed by atoms with van der Waals surface area (Å²) < 4.78 is 0. The molecule has 1 amide bonds. The second kappa shape index (κ2) is 6.58. The Labute approximate surface area is 117 Å². The number of pyridine rings is 1. The van der Waals surface area contributed by atoms with Gasteiger partial charge < -0.3 is 5.11 Å². The second-order valence-corrected chi connectivity index (χ2v) is 4.20. The molecule has 1 atom stereocenters. The fourth-order valence-electron chi connectivity index (χ4n) is 1.62. The van der Waals surface area contributed by atoms with Crippen molar-refractivity contribution in [2.75, 3.05) is 0 Å². The van der Waals surface area contributed by atoms with Crippen molar-refractivity contribution < 1.29 is 9.90 Å². The fourth-order valence-corrected chi connectivity index (χ4v) is 1.62. The van der Waals surface area contributed by atoms with E-state index in [1.165, 1.54) is 0 Å². The number of hydrazone groups is 1. The molecule has 2 rings (SSSR count). The highest BCUT2D eigenvalue weighted by Gasteiger charge is 2.16. The van der Waals surface area contributed by atoms with Crippen molar-refractivity contribution in [3.05, 3.63) is 66.0 Å². The smallest absolute Gasteiger partial charge is 0.273 e. The minimum atomic E-state index is -1.24. The zero-order valence-electron chi connectivity index (χ0n) is 11.0. The maximum atomic E-state index is 11.8. The van der Waals surface area contributed by atoms with Crippen LogP contribution in [0, 0.1) is 0 Å². The third kappa shape index (κ3) is 3.49. The Hall–Kier alpha value is -2.53. The number of amides is 1. The largest absolute Gasteiger partial charge is 0.378 e. The number of hydrogen-bond acceptors (Lipinski definition) is 4. The van der Waals surface area contributed by atoms with E-state index in [0.717, 1.165) is 0 Å². The molecule has 0 radical (unpaired) electrons. The third-order valence-electron chi connectivity index (χ3n) is 2.73. The van der Waals surface area contributed by atoms with Crippen molar-refractivity contribution in [2.24, 2.45) is 5.10 Å². The van der Waals surface area contributed by atoms with E-state index in [1.807, 2.05) is 12.1 Å². The summed E-state index contributed by atoms with van der Waals surface area (Å²) in [5, 5.41) is 13.8. The first-order valence-corrected chi connectivity index (χ1v) is 6.17. The van der Waals surface area contributed by atoms with E-state index in [9.17, 15) is 9.90 Å². The van der Waals surface area contributed by atoms with Crippen LogP contribution in [0.25, 0.3) is 0 Å². The molecule has 2 aromatic rings. The van der Waals surface area contributed by atoms with Crippen LogP contribution in [-0.4, -0.2) is 21.7 Å². The molecule has 0 spiro atoms. The van der Waals surface area contributed by atoms with Gasteiger partial charge in [-0.05, 0) is 24.6 Å². The molecule has 20 heavy (non-hydrogen) atoms. The van der Waals surface area contributed by atoms with E-state index in [0.29, 0.717) is 17.0 Å². The molecule has 0 bridgehead atoms. The molecule has 1 unspecified atom stereocenters. The van der Waals surface area contributed by atoms with E-state index < -0.39 is 12.0 Å². The summed E-state index contributed by atoms with van der Waals surface area (Å²) in [6, 6.07) is 14.1. The number of hydrogen-bond donors (Lipinski definition) is 2. The summed E-state index contributed by atoms with van der Waals surface area (Å²) in [7, 11) is 0. The first-order chi connectivity index (χ1) is 9.68. The molecular formula is C15H15N3O2. The predicted octanol–water partition coefficient (Wildman–Crippen LogP) is 1.66. The molecule has 0 aliphatic heterocycles. The Morgan fingerprint density at radius 3 is 2.55 bits per heavy atom. The van der Waals surface area contributed by atoms with Crippen LogP contribution in [0.4, 0.5) is 0 Å². The number of benzene rings is 1. The fraction of sp³-hybridized carbons (Fsp3) is 0.133. The topological polar surface area (TPSA) is 74.6 Å². The standard InChI is InChI=1S/C15H15N3O2/c1-11(13-9-5-6-10-16-13)17-18-15(20)14(19)12-7-3-2-4-8-12/h2-10,14,19H,1H3,(H,18,20)/b17-11+. The first-order valence-electron chi connectivity index (χ1n) is 6.17. The van der Waals surface area contributed by atoms with Crippen LogP contribution < -0.4 is 5.43 Å². The van der Waals surface area contributed by atoms with E-state index in [2.05, 4.69) is 15.5 Å². The highest BCUT2D eigenvalue weighted by Crippen LogP contribution is 2.11. The van der Waals surface area contributed by atoms with Gasteiger partial charge in [0.2, 0.25) is 0 Å². The average molecular weight is 269 g/mol. The normalized spacial score (nSPS) is 12.8. The van der Waals surface area contributed by atoms with Crippen LogP contribution >= 0.6 is 0 Å². The number of nitrogens with one attached hydrogen (secondary N) is 1. The van der Waals surface area contributed by atoms with Crippen LogP contribution in [-0.2, 0) is 4.79 Å². The zero-order valence-corrected chi connectivity index (χ0v) is 11.0. The summed E-state index contributed by atoms with van der Waals surface area (Å²) in [5.41, 5.74) is 4.10. The van der Waals surface area contributed by atoms with Crippen molar-refractivity contribution in [3.63, 3.8) is 0 Å². The van der Waals surface area contributed by atoms with E-state index in [1.54, 1.807) is 49.5 Å². The molecule has 0 fully saturated rings. The lowest BCUT2D eigenvalue weighted by Gasteiger charge is -2.09. The average Bonchev–Trinajstić information content (AvgIpc) is 2.53. The van der Waals surface area contributed by atoms with E-state index >= 15 is 0 Å². The molecule has 5 heteroatoms. The lowest BCUT2D eigenvalue weighted by atomic mass is 10.1. The number of carbonyl (C=O) groups excluding carboxylic acids is 1. The lowest BCUT2D eigenvalue weighted by Crippen LogP contribution is -2.26. The maximum Gasteiger partial charge on any atom is 0.273 e. The maximum absolute atomic E-state index is 11.8. The molecule has 0 aliphatic rings. The van der Waals surface area contributed by atoms with Gasteiger partial charge in [-0.15, -0.1) is 0 Å². The van der Waals surface area contributed by atoms with Gasteiger partial charge in [-0.1, -0.05) is 36.4 Å². The van der Waals surface area contributed by atoms with Gasteiger partial charge in [0, 0.05) is 6.20 Å². The number of rotatable bonds is 4. The van der Waals surface area contributed by atoms with Gasteiger partial charge in [-0.3, -0.25) is 9.78 Å². The predicted molar refractivity (Wildman–Crippen MR) is 76.0 cm³/mol. The molecule has 5 nitrogen and oxygen atoms in total. The molecular weight excluding hydrogens is 254 g/mol. The monoisotopic (exact) mass is 269 g/mol. The summed E-state index contributed by atoms with van der Waals surface area (Å²) in [6.45, 7) is 1.73. The van der Waals surface area contributed by atoms with Gasteiger partial charge in [0.15, 0.2) is 6.10 Å². The number of aliphatic hydroxyl groups excluding tert-OH is 1. The van der Waals surface area contributed by atoms with Gasteiger partial charge in [0.05, 0.1) is 11.4 Å². The van der Waals surface area contributed by atoms with E-state index in [4.69, 9.17) is 0 Å². The molecule has 2 N–H and O–H groups in total. The number of aliphatic hydroxyl groups is 1. The molecule has 1 aromatic carbocycles. The number of nitrogens with zero attached hydrogens (tertiary/aromatic N) is 2. The summed E-state index contributed by atoms with van der Waals surface area (Å²) in [5.74, 6) is -0.577.